The Bertz CT molecular complexity index is 563. The number of hydrogen-bond acceptors (Lipinski definition) is 0. The van der Waals surface area contributed by atoms with Gasteiger partial charge in [-0.15, -0.1) is 6.58 Å². The van der Waals surface area contributed by atoms with Crippen LogP contribution < -0.4 is 0 Å². The van der Waals surface area contributed by atoms with E-state index in [4.69, 9.17) is 0 Å². The summed E-state index contributed by atoms with van der Waals surface area (Å²) in [5, 5.41) is 0. The van der Waals surface area contributed by atoms with Crippen molar-refractivity contribution in [2.75, 3.05) is 0 Å². The van der Waals surface area contributed by atoms with Crippen molar-refractivity contribution in [3.05, 3.63) is 72.4 Å². The largest absolute Gasteiger partial charge is 0.100 e. The third-order valence-electron chi connectivity index (χ3n) is 5.83. The molecule has 2 rings (SSSR count). The Morgan fingerprint density at radius 3 is 2.54 bits per heavy atom. The fourth-order valence-corrected chi connectivity index (χ4v) is 4.28. The average molecular weight is 381 g/mol. The van der Waals surface area contributed by atoms with Crippen molar-refractivity contribution >= 4 is 0 Å². The number of benzene rings is 1. The Morgan fingerprint density at radius 1 is 1.07 bits per heavy atom. The van der Waals surface area contributed by atoms with Gasteiger partial charge in [-0.2, -0.15) is 0 Å². The SMILES string of the molecule is C=C(C)CCC/C=C\CC1C(=C)CCCC1CCCCc1ccccc1.CC. The van der Waals surface area contributed by atoms with E-state index < -0.39 is 0 Å². The number of allylic oxidation sites excluding steroid dienone is 4. The first-order valence-corrected chi connectivity index (χ1v) is 11.7. The lowest BCUT2D eigenvalue weighted by Gasteiger charge is -2.33. The normalized spacial score (nSPS) is 19.3. The number of aryl methyl sites for hydroxylation is 1. The van der Waals surface area contributed by atoms with E-state index in [0.717, 1.165) is 18.3 Å². The minimum Gasteiger partial charge on any atom is -0.100 e. The highest BCUT2D eigenvalue weighted by molar-refractivity contribution is 5.14. The van der Waals surface area contributed by atoms with Gasteiger partial charge in [-0.25, -0.2) is 0 Å². The minimum absolute atomic E-state index is 0.720. The quantitative estimate of drug-likeness (QED) is 0.265. The average Bonchev–Trinajstić information content (AvgIpc) is 2.71. The lowest BCUT2D eigenvalue weighted by atomic mass is 9.72. The van der Waals surface area contributed by atoms with Gasteiger partial charge in [-0.1, -0.05) is 80.5 Å². The second-order valence-electron chi connectivity index (χ2n) is 8.20. The van der Waals surface area contributed by atoms with Crippen LogP contribution in [0.3, 0.4) is 0 Å². The molecule has 1 aromatic carbocycles. The summed E-state index contributed by atoms with van der Waals surface area (Å²) in [5.41, 5.74) is 4.29. The molecule has 0 nitrogen and oxygen atoms in total. The smallest absolute Gasteiger partial charge is 0.0143 e. The van der Waals surface area contributed by atoms with Crippen LogP contribution in [0.1, 0.15) is 90.5 Å². The minimum atomic E-state index is 0.720. The third kappa shape index (κ3) is 10.1. The van der Waals surface area contributed by atoms with Gasteiger partial charge in [0.05, 0.1) is 0 Å². The van der Waals surface area contributed by atoms with E-state index in [0.29, 0.717) is 0 Å². The van der Waals surface area contributed by atoms with Gasteiger partial charge in [-0.3, -0.25) is 0 Å². The molecule has 0 N–H and O–H groups in total. The highest BCUT2D eigenvalue weighted by Crippen LogP contribution is 2.38. The first kappa shape index (κ1) is 24.5. The van der Waals surface area contributed by atoms with E-state index in [1.165, 1.54) is 80.9 Å². The van der Waals surface area contributed by atoms with Crippen LogP contribution in [0.4, 0.5) is 0 Å². The second kappa shape index (κ2) is 15.4. The summed E-state index contributed by atoms with van der Waals surface area (Å²) in [4.78, 5) is 0. The lowest BCUT2D eigenvalue weighted by molar-refractivity contribution is 0.280. The van der Waals surface area contributed by atoms with Crippen LogP contribution in [0.2, 0.25) is 0 Å². The standard InChI is InChI=1S/C26H38.C2H6/c1-22(2)14-7-4-5-10-21-26-23(3)15-13-20-25(26)19-12-11-18-24-16-8-6-9-17-24;1-2/h5-6,8-10,16-17,25-26H,1,3-4,7,11-15,18-21H2,2H3;1-2H3/b10-5-;. The van der Waals surface area contributed by atoms with Crippen molar-refractivity contribution in [2.45, 2.75) is 91.4 Å². The highest BCUT2D eigenvalue weighted by atomic mass is 14.3. The number of unbranched alkanes of at least 4 members (excludes halogenated alkanes) is 2. The molecule has 1 aliphatic rings. The summed E-state index contributed by atoms with van der Waals surface area (Å²) in [7, 11) is 0. The first-order chi connectivity index (χ1) is 13.7. The summed E-state index contributed by atoms with van der Waals surface area (Å²) in [6.07, 6.45) is 18.9. The van der Waals surface area contributed by atoms with Crippen molar-refractivity contribution < 1.29 is 0 Å². The predicted molar refractivity (Wildman–Crippen MR) is 128 cm³/mol. The molecule has 2 unspecified atom stereocenters. The molecule has 1 aliphatic carbocycles. The Hall–Kier alpha value is -1.56. The summed E-state index contributed by atoms with van der Waals surface area (Å²) < 4.78 is 0. The van der Waals surface area contributed by atoms with Crippen LogP contribution in [0, 0.1) is 11.8 Å². The monoisotopic (exact) mass is 380 g/mol. The highest BCUT2D eigenvalue weighted by Gasteiger charge is 2.26. The maximum atomic E-state index is 4.41. The molecule has 1 saturated carbocycles. The van der Waals surface area contributed by atoms with E-state index >= 15 is 0 Å². The van der Waals surface area contributed by atoms with Crippen LogP contribution in [-0.2, 0) is 6.42 Å². The van der Waals surface area contributed by atoms with E-state index in [1.807, 2.05) is 13.8 Å². The van der Waals surface area contributed by atoms with Crippen LogP contribution in [0.25, 0.3) is 0 Å². The third-order valence-corrected chi connectivity index (χ3v) is 5.83. The van der Waals surface area contributed by atoms with Crippen molar-refractivity contribution in [2.24, 2.45) is 11.8 Å². The molecule has 156 valence electrons. The molecule has 0 aliphatic heterocycles. The van der Waals surface area contributed by atoms with Gasteiger partial charge in [0.25, 0.3) is 0 Å². The van der Waals surface area contributed by atoms with E-state index in [1.54, 1.807) is 0 Å². The molecule has 28 heavy (non-hydrogen) atoms. The molecular weight excluding hydrogens is 336 g/mol. The van der Waals surface area contributed by atoms with Crippen LogP contribution in [-0.4, -0.2) is 0 Å². The van der Waals surface area contributed by atoms with Crippen LogP contribution >= 0.6 is 0 Å². The molecule has 0 heteroatoms. The Balaban J connectivity index is 0.00000190. The zero-order valence-electron chi connectivity index (χ0n) is 18.9. The Labute approximate surface area is 175 Å². The summed E-state index contributed by atoms with van der Waals surface area (Å²) in [6.45, 7) is 14.5. The summed E-state index contributed by atoms with van der Waals surface area (Å²) in [5.74, 6) is 1.57. The van der Waals surface area contributed by atoms with E-state index in [-0.39, 0.29) is 0 Å². The molecule has 2 atom stereocenters. The predicted octanol–water partition coefficient (Wildman–Crippen LogP) is 9.09. The van der Waals surface area contributed by atoms with Gasteiger partial charge < -0.3 is 0 Å². The molecule has 0 amide bonds. The second-order valence-corrected chi connectivity index (χ2v) is 8.20. The zero-order chi connectivity index (χ0) is 20.6. The maximum absolute atomic E-state index is 4.41. The van der Waals surface area contributed by atoms with Crippen molar-refractivity contribution in [3.63, 3.8) is 0 Å². The summed E-state index contributed by atoms with van der Waals surface area (Å²) >= 11 is 0. The molecule has 1 aromatic rings. The zero-order valence-corrected chi connectivity index (χ0v) is 18.9. The topological polar surface area (TPSA) is 0 Å². The number of hydrogen-bond donors (Lipinski definition) is 0. The van der Waals surface area contributed by atoms with Gasteiger partial charge in [-0.05, 0) is 88.5 Å². The molecule has 0 spiro atoms. The van der Waals surface area contributed by atoms with E-state index in [9.17, 15) is 0 Å². The van der Waals surface area contributed by atoms with Crippen molar-refractivity contribution in [1.82, 2.24) is 0 Å². The van der Waals surface area contributed by atoms with Crippen molar-refractivity contribution in [3.8, 4) is 0 Å². The van der Waals surface area contributed by atoms with Gasteiger partial charge in [0, 0.05) is 0 Å². The van der Waals surface area contributed by atoms with Gasteiger partial charge >= 0.3 is 0 Å². The molecule has 0 radical (unpaired) electrons. The fraction of sp³-hybridized carbons (Fsp3) is 0.571. The van der Waals surface area contributed by atoms with Crippen molar-refractivity contribution in [1.29, 1.82) is 0 Å². The Morgan fingerprint density at radius 2 is 1.82 bits per heavy atom. The summed E-state index contributed by atoms with van der Waals surface area (Å²) in [6, 6.07) is 10.9. The molecule has 1 fully saturated rings. The molecule has 0 saturated heterocycles. The Kier molecular flexibility index (Phi) is 13.4. The molecule has 0 heterocycles. The van der Waals surface area contributed by atoms with Crippen LogP contribution in [0.15, 0.2) is 66.8 Å². The van der Waals surface area contributed by atoms with E-state index in [2.05, 4.69) is 62.6 Å². The van der Waals surface area contributed by atoms with Gasteiger partial charge in [0.2, 0.25) is 0 Å². The van der Waals surface area contributed by atoms with Gasteiger partial charge in [0.1, 0.15) is 0 Å². The molecular formula is C28H44. The first-order valence-electron chi connectivity index (χ1n) is 11.7. The molecule has 0 bridgehead atoms. The fourth-order valence-electron chi connectivity index (χ4n) is 4.28. The van der Waals surface area contributed by atoms with Crippen LogP contribution in [0.5, 0.6) is 0 Å². The maximum Gasteiger partial charge on any atom is -0.0143 e. The lowest BCUT2D eigenvalue weighted by Crippen LogP contribution is -2.21. The van der Waals surface area contributed by atoms with Gasteiger partial charge in [0.15, 0.2) is 0 Å². The number of rotatable bonds is 11. The molecule has 0 aromatic heterocycles.